The first kappa shape index (κ1) is 12.3. The normalized spacial score (nSPS) is 13.9. The summed E-state index contributed by atoms with van der Waals surface area (Å²) in [5, 5.41) is 0.192. The van der Waals surface area contributed by atoms with E-state index in [0.29, 0.717) is 0 Å². The minimum atomic E-state index is 0.165. The van der Waals surface area contributed by atoms with E-state index >= 15 is 0 Å². The Kier molecular flexibility index (Phi) is 3.97. The Morgan fingerprint density at radius 1 is 1.53 bits per heavy atom. The third kappa shape index (κ3) is 4.08. The Labute approximate surface area is 96.8 Å². The molecule has 2 N–H and O–H groups in total. The highest BCUT2D eigenvalue weighted by atomic mass is 35.5. The molecule has 0 saturated heterocycles. The lowest BCUT2D eigenvalue weighted by molar-refractivity contribution is 0.332. The van der Waals surface area contributed by atoms with E-state index in [1.165, 1.54) is 0 Å². The Morgan fingerprint density at radius 2 is 2.20 bits per heavy atom. The number of hydrogen-bond acceptors (Lipinski definition) is 2. The summed E-state index contributed by atoms with van der Waals surface area (Å²) < 4.78 is 0. The molecule has 0 radical (unpaired) electrons. The molecule has 1 unspecified atom stereocenters. The Balaban J connectivity index is 2.73. The smallest absolute Gasteiger partial charge is 0.0377 e. The number of halogens is 1. The van der Waals surface area contributed by atoms with Gasteiger partial charge in [-0.05, 0) is 36.8 Å². The first-order chi connectivity index (χ1) is 6.91. The topological polar surface area (TPSA) is 38.9 Å². The second-order valence-corrected chi connectivity index (χ2v) is 5.65. The molecule has 0 bridgehead atoms. The number of nitrogen functional groups attached to an aromatic ring is 1. The molecule has 0 spiro atoms. The van der Waals surface area contributed by atoms with Crippen molar-refractivity contribution in [2.75, 3.05) is 5.73 Å². The molecule has 0 aliphatic heterocycles. The second-order valence-electron chi connectivity index (χ2n) is 4.90. The molecule has 0 saturated carbocycles. The van der Waals surface area contributed by atoms with Gasteiger partial charge in [-0.15, -0.1) is 11.6 Å². The van der Waals surface area contributed by atoms with Gasteiger partial charge in [-0.1, -0.05) is 13.8 Å². The number of pyridine rings is 1. The Hall–Kier alpha value is -0.760. The van der Waals surface area contributed by atoms with Gasteiger partial charge in [0.05, 0.1) is 0 Å². The van der Waals surface area contributed by atoms with Crippen LogP contribution >= 0.6 is 11.6 Å². The average Bonchev–Trinajstić information content (AvgIpc) is 2.06. The largest absolute Gasteiger partial charge is 0.398 e. The third-order valence-electron chi connectivity index (χ3n) is 2.44. The van der Waals surface area contributed by atoms with Crippen molar-refractivity contribution in [3.05, 3.63) is 24.0 Å². The van der Waals surface area contributed by atoms with Gasteiger partial charge in [-0.25, -0.2) is 0 Å². The summed E-state index contributed by atoms with van der Waals surface area (Å²) in [6.45, 7) is 6.44. The molecular weight excluding hydrogens is 208 g/mol. The first-order valence-electron chi connectivity index (χ1n) is 5.23. The van der Waals surface area contributed by atoms with E-state index in [1.54, 1.807) is 6.20 Å². The minimum Gasteiger partial charge on any atom is -0.398 e. The predicted molar refractivity (Wildman–Crippen MR) is 66.1 cm³/mol. The molecule has 3 heteroatoms. The van der Waals surface area contributed by atoms with Crippen LogP contribution in [-0.2, 0) is 6.42 Å². The number of hydrogen-bond donors (Lipinski definition) is 1. The molecule has 1 aromatic heterocycles. The summed E-state index contributed by atoms with van der Waals surface area (Å²) in [5.74, 6) is 0. The number of aromatic nitrogens is 1. The zero-order valence-corrected chi connectivity index (χ0v) is 10.4. The monoisotopic (exact) mass is 226 g/mol. The maximum Gasteiger partial charge on any atom is 0.0377 e. The van der Waals surface area contributed by atoms with Crippen LogP contribution in [0, 0.1) is 5.41 Å². The number of anilines is 1. The molecule has 0 aliphatic carbocycles. The molecule has 0 aliphatic rings. The Bertz CT molecular complexity index is 321. The van der Waals surface area contributed by atoms with Crippen molar-refractivity contribution < 1.29 is 0 Å². The zero-order chi connectivity index (χ0) is 11.5. The lowest BCUT2D eigenvalue weighted by atomic mass is 9.82. The van der Waals surface area contributed by atoms with Gasteiger partial charge in [-0.2, -0.15) is 0 Å². The van der Waals surface area contributed by atoms with Crippen molar-refractivity contribution >= 4 is 17.3 Å². The van der Waals surface area contributed by atoms with Crippen LogP contribution in [0.25, 0.3) is 0 Å². The summed E-state index contributed by atoms with van der Waals surface area (Å²) >= 11 is 6.02. The Morgan fingerprint density at radius 3 is 2.73 bits per heavy atom. The summed E-state index contributed by atoms with van der Waals surface area (Å²) in [6.07, 6.45) is 5.46. The van der Waals surface area contributed by atoms with Gasteiger partial charge in [0.25, 0.3) is 0 Å². The standard InChI is InChI=1S/C12H19ClN2/c1-9(13)6-12(2,3)7-10-8-15-5-4-11(10)14/h4-5,8-9H,6-7H2,1-3H3,(H2,14,15). The van der Waals surface area contributed by atoms with Crippen LogP contribution in [0.5, 0.6) is 0 Å². The quantitative estimate of drug-likeness (QED) is 0.801. The molecule has 0 aromatic carbocycles. The molecule has 1 heterocycles. The fourth-order valence-corrected chi connectivity index (χ4v) is 2.35. The van der Waals surface area contributed by atoms with Crippen molar-refractivity contribution in [2.24, 2.45) is 5.41 Å². The maximum absolute atomic E-state index is 6.02. The van der Waals surface area contributed by atoms with E-state index in [1.807, 2.05) is 19.2 Å². The van der Waals surface area contributed by atoms with Gasteiger partial charge in [0.1, 0.15) is 0 Å². The van der Waals surface area contributed by atoms with Crippen LogP contribution in [0.15, 0.2) is 18.5 Å². The van der Waals surface area contributed by atoms with Crippen LogP contribution in [0.1, 0.15) is 32.8 Å². The van der Waals surface area contributed by atoms with Crippen molar-refractivity contribution in [3.8, 4) is 0 Å². The molecule has 1 rings (SSSR count). The second kappa shape index (κ2) is 4.84. The van der Waals surface area contributed by atoms with Crippen LogP contribution in [0.3, 0.4) is 0 Å². The maximum atomic E-state index is 6.02. The summed E-state index contributed by atoms with van der Waals surface area (Å²) in [5.41, 5.74) is 7.98. The first-order valence-corrected chi connectivity index (χ1v) is 5.67. The van der Waals surface area contributed by atoms with Gasteiger partial charge in [0.2, 0.25) is 0 Å². The van der Waals surface area contributed by atoms with E-state index in [-0.39, 0.29) is 10.8 Å². The van der Waals surface area contributed by atoms with Crippen LogP contribution in [-0.4, -0.2) is 10.4 Å². The van der Waals surface area contributed by atoms with Gasteiger partial charge in [0.15, 0.2) is 0 Å². The fraction of sp³-hybridized carbons (Fsp3) is 0.583. The van der Waals surface area contributed by atoms with Crippen molar-refractivity contribution in [3.63, 3.8) is 0 Å². The molecular formula is C12H19ClN2. The highest BCUT2D eigenvalue weighted by Gasteiger charge is 2.21. The lowest BCUT2D eigenvalue weighted by Crippen LogP contribution is -2.19. The van der Waals surface area contributed by atoms with E-state index < -0.39 is 0 Å². The van der Waals surface area contributed by atoms with Crippen molar-refractivity contribution in [1.82, 2.24) is 4.98 Å². The molecule has 84 valence electrons. The molecule has 0 amide bonds. The zero-order valence-electron chi connectivity index (χ0n) is 9.63. The van der Waals surface area contributed by atoms with Crippen LogP contribution in [0.4, 0.5) is 5.69 Å². The van der Waals surface area contributed by atoms with Gasteiger partial charge >= 0.3 is 0 Å². The highest BCUT2D eigenvalue weighted by molar-refractivity contribution is 6.20. The minimum absolute atomic E-state index is 0.165. The van der Waals surface area contributed by atoms with Crippen LogP contribution < -0.4 is 5.73 Å². The lowest BCUT2D eigenvalue weighted by Gasteiger charge is -2.26. The van der Waals surface area contributed by atoms with E-state index in [4.69, 9.17) is 17.3 Å². The number of rotatable bonds is 4. The van der Waals surface area contributed by atoms with Crippen LogP contribution in [0.2, 0.25) is 0 Å². The number of nitrogens with two attached hydrogens (primary N) is 1. The molecule has 2 nitrogen and oxygen atoms in total. The van der Waals surface area contributed by atoms with E-state index in [2.05, 4.69) is 18.8 Å². The molecule has 1 aromatic rings. The molecule has 1 atom stereocenters. The van der Waals surface area contributed by atoms with Crippen molar-refractivity contribution in [2.45, 2.75) is 39.0 Å². The molecule has 0 fully saturated rings. The van der Waals surface area contributed by atoms with Crippen molar-refractivity contribution in [1.29, 1.82) is 0 Å². The summed E-state index contributed by atoms with van der Waals surface area (Å²) in [6, 6.07) is 1.84. The molecule has 15 heavy (non-hydrogen) atoms. The number of nitrogens with zero attached hydrogens (tertiary/aromatic N) is 1. The SMILES string of the molecule is CC(Cl)CC(C)(C)Cc1cnccc1N. The fourth-order valence-electron chi connectivity index (χ4n) is 1.93. The van der Waals surface area contributed by atoms with Gasteiger partial charge in [-0.3, -0.25) is 4.98 Å². The average molecular weight is 227 g/mol. The van der Waals surface area contributed by atoms with Gasteiger partial charge in [0, 0.05) is 23.5 Å². The third-order valence-corrected chi connectivity index (χ3v) is 2.60. The summed E-state index contributed by atoms with van der Waals surface area (Å²) in [7, 11) is 0. The highest BCUT2D eigenvalue weighted by Crippen LogP contribution is 2.30. The van der Waals surface area contributed by atoms with E-state index in [0.717, 1.165) is 24.1 Å². The van der Waals surface area contributed by atoms with Gasteiger partial charge < -0.3 is 5.73 Å². The predicted octanol–water partition coefficient (Wildman–Crippen LogP) is 3.25. The van der Waals surface area contributed by atoms with E-state index in [9.17, 15) is 0 Å². The summed E-state index contributed by atoms with van der Waals surface area (Å²) in [4.78, 5) is 4.10. The number of alkyl halides is 1.